The van der Waals surface area contributed by atoms with E-state index in [4.69, 9.17) is 5.73 Å². The van der Waals surface area contributed by atoms with Crippen molar-refractivity contribution in [2.45, 2.75) is 32.4 Å². The van der Waals surface area contributed by atoms with E-state index in [9.17, 15) is 8.78 Å². The summed E-state index contributed by atoms with van der Waals surface area (Å²) in [6.07, 6.45) is -1.06. The van der Waals surface area contributed by atoms with E-state index >= 15 is 0 Å². The maximum atomic E-state index is 12.3. The quantitative estimate of drug-likeness (QED) is 0.786. The topological polar surface area (TPSA) is 43.8 Å². The van der Waals surface area contributed by atoms with Crippen LogP contribution in [0.5, 0.6) is 0 Å². The molecule has 0 radical (unpaired) electrons. The number of halogens is 2. The number of hydrogen-bond donors (Lipinski definition) is 1. The molecule has 74 valence electrons. The van der Waals surface area contributed by atoms with E-state index in [1.807, 2.05) is 13.8 Å². The van der Waals surface area contributed by atoms with Crippen molar-refractivity contribution >= 4 is 0 Å². The van der Waals surface area contributed by atoms with Gasteiger partial charge in [-0.15, -0.1) is 0 Å². The molecule has 1 unspecified atom stereocenters. The van der Waals surface area contributed by atoms with E-state index in [0.717, 1.165) is 0 Å². The minimum absolute atomic E-state index is 0.0507. The first-order valence-corrected chi connectivity index (χ1v) is 4.11. The lowest BCUT2D eigenvalue weighted by molar-refractivity contribution is 0.112. The van der Waals surface area contributed by atoms with Gasteiger partial charge in [-0.2, -0.15) is 5.10 Å². The second kappa shape index (κ2) is 3.83. The summed E-state index contributed by atoms with van der Waals surface area (Å²) in [6, 6.07) is 0.330. The summed E-state index contributed by atoms with van der Waals surface area (Å²) >= 11 is 0. The molecule has 0 amide bonds. The third-order valence-electron chi connectivity index (χ3n) is 1.80. The predicted octanol–water partition coefficient (Wildman–Crippen LogP) is 1.73. The highest BCUT2D eigenvalue weighted by atomic mass is 19.3. The van der Waals surface area contributed by atoms with Crippen LogP contribution in [0.25, 0.3) is 0 Å². The van der Waals surface area contributed by atoms with E-state index in [1.165, 1.54) is 16.9 Å². The molecular formula is C8H13F2N3. The predicted molar refractivity (Wildman–Crippen MR) is 45.5 cm³/mol. The van der Waals surface area contributed by atoms with Crippen LogP contribution in [0.1, 0.15) is 31.6 Å². The third-order valence-corrected chi connectivity index (χ3v) is 1.80. The van der Waals surface area contributed by atoms with Crippen molar-refractivity contribution in [1.29, 1.82) is 0 Å². The molecule has 0 saturated heterocycles. The highest BCUT2D eigenvalue weighted by molar-refractivity contribution is 5.07. The van der Waals surface area contributed by atoms with Gasteiger partial charge in [0.2, 0.25) is 0 Å². The molecule has 0 spiro atoms. The van der Waals surface area contributed by atoms with Crippen LogP contribution in [0.2, 0.25) is 0 Å². The van der Waals surface area contributed by atoms with E-state index in [2.05, 4.69) is 5.10 Å². The Hall–Kier alpha value is -0.970. The first-order chi connectivity index (χ1) is 6.04. The Balaban J connectivity index is 2.93. The Bertz CT molecular complexity index is 270. The van der Waals surface area contributed by atoms with Gasteiger partial charge in [-0.1, -0.05) is 0 Å². The zero-order valence-corrected chi connectivity index (χ0v) is 7.61. The van der Waals surface area contributed by atoms with Crippen molar-refractivity contribution in [3.63, 3.8) is 0 Å². The fourth-order valence-electron chi connectivity index (χ4n) is 1.15. The Morgan fingerprint density at radius 1 is 1.46 bits per heavy atom. The molecule has 1 aromatic heterocycles. The van der Waals surface area contributed by atoms with Gasteiger partial charge in [0.1, 0.15) is 6.04 Å². The summed E-state index contributed by atoms with van der Waals surface area (Å²) in [4.78, 5) is 0. The summed E-state index contributed by atoms with van der Waals surface area (Å²) in [7, 11) is 0. The van der Waals surface area contributed by atoms with E-state index < -0.39 is 12.5 Å². The van der Waals surface area contributed by atoms with Crippen LogP contribution in [-0.4, -0.2) is 16.2 Å². The van der Waals surface area contributed by atoms with E-state index in [1.54, 1.807) is 0 Å². The fourth-order valence-corrected chi connectivity index (χ4v) is 1.15. The van der Waals surface area contributed by atoms with Crippen LogP contribution >= 0.6 is 0 Å². The molecule has 0 aliphatic carbocycles. The summed E-state index contributed by atoms with van der Waals surface area (Å²) in [5.41, 5.74) is 5.69. The van der Waals surface area contributed by atoms with Gasteiger partial charge in [-0.25, -0.2) is 8.78 Å². The molecule has 1 heterocycles. The van der Waals surface area contributed by atoms with Crippen molar-refractivity contribution in [3.05, 3.63) is 18.0 Å². The smallest absolute Gasteiger partial charge is 0.259 e. The number of hydrogen-bond acceptors (Lipinski definition) is 2. The number of alkyl halides is 2. The summed E-state index contributed by atoms with van der Waals surface area (Å²) in [6.45, 7) is 3.74. The Kier molecular flexibility index (Phi) is 2.98. The Morgan fingerprint density at radius 3 is 2.54 bits per heavy atom. The maximum absolute atomic E-state index is 12.3. The molecule has 5 heteroatoms. The molecule has 1 atom stereocenters. The van der Waals surface area contributed by atoms with E-state index in [-0.39, 0.29) is 6.04 Å². The zero-order valence-electron chi connectivity index (χ0n) is 7.61. The van der Waals surface area contributed by atoms with Crippen LogP contribution in [0, 0.1) is 0 Å². The Labute approximate surface area is 75.5 Å². The molecule has 0 aromatic carbocycles. The minimum Gasteiger partial charge on any atom is -0.318 e. The molecule has 2 N–H and O–H groups in total. The lowest BCUT2D eigenvalue weighted by Gasteiger charge is -2.15. The second-order valence-electron chi connectivity index (χ2n) is 3.15. The summed E-state index contributed by atoms with van der Waals surface area (Å²) in [5.74, 6) is 0. The molecule has 0 aliphatic rings. The fraction of sp³-hybridized carbons (Fsp3) is 0.625. The van der Waals surface area contributed by atoms with Crippen LogP contribution in [0.15, 0.2) is 12.3 Å². The lowest BCUT2D eigenvalue weighted by Crippen LogP contribution is -2.23. The molecule has 1 aromatic rings. The largest absolute Gasteiger partial charge is 0.318 e. The van der Waals surface area contributed by atoms with Gasteiger partial charge in [-0.05, 0) is 19.9 Å². The number of aromatic nitrogens is 2. The normalized spacial score (nSPS) is 14.1. The average Bonchev–Trinajstić information content (AvgIpc) is 2.50. The first-order valence-electron chi connectivity index (χ1n) is 4.11. The summed E-state index contributed by atoms with van der Waals surface area (Å²) < 4.78 is 26.0. The highest BCUT2D eigenvalue weighted by Crippen LogP contribution is 2.19. The highest BCUT2D eigenvalue weighted by Gasteiger charge is 2.21. The van der Waals surface area contributed by atoms with Crippen molar-refractivity contribution in [2.24, 2.45) is 5.73 Å². The van der Waals surface area contributed by atoms with E-state index in [0.29, 0.717) is 5.69 Å². The maximum Gasteiger partial charge on any atom is 0.259 e. The molecule has 0 bridgehead atoms. The first kappa shape index (κ1) is 10.1. The minimum atomic E-state index is -2.55. The molecule has 13 heavy (non-hydrogen) atoms. The molecular weight excluding hydrogens is 176 g/mol. The number of rotatable bonds is 3. The van der Waals surface area contributed by atoms with Crippen molar-refractivity contribution in [1.82, 2.24) is 9.78 Å². The zero-order chi connectivity index (χ0) is 10.0. The Morgan fingerprint density at radius 2 is 2.08 bits per heavy atom. The van der Waals surface area contributed by atoms with Crippen LogP contribution in [0.4, 0.5) is 8.78 Å². The third kappa shape index (κ3) is 2.03. The van der Waals surface area contributed by atoms with Crippen molar-refractivity contribution in [3.8, 4) is 0 Å². The number of nitrogens with zero attached hydrogens (tertiary/aromatic N) is 2. The SMILES string of the molecule is CC(C)n1nccc1C(N)C(F)F. The van der Waals surface area contributed by atoms with Crippen LogP contribution in [0.3, 0.4) is 0 Å². The van der Waals surface area contributed by atoms with Crippen molar-refractivity contribution < 1.29 is 8.78 Å². The van der Waals surface area contributed by atoms with Gasteiger partial charge in [-0.3, -0.25) is 4.68 Å². The molecule has 0 fully saturated rings. The second-order valence-corrected chi connectivity index (χ2v) is 3.15. The van der Waals surface area contributed by atoms with Gasteiger partial charge in [0.05, 0.1) is 5.69 Å². The van der Waals surface area contributed by atoms with Gasteiger partial charge in [0.25, 0.3) is 6.43 Å². The van der Waals surface area contributed by atoms with Gasteiger partial charge in [0.15, 0.2) is 0 Å². The molecule has 0 saturated carbocycles. The average molecular weight is 189 g/mol. The van der Waals surface area contributed by atoms with Gasteiger partial charge < -0.3 is 5.73 Å². The summed E-state index contributed by atoms with van der Waals surface area (Å²) in [5, 5.41) is 3.92. The molecule has 1 rings (SSSR count). The lowest BCUT2D eigenvalue weighted by atomic mass is 10.2. The standard InChI is InChI=1S/C8H13F2N3/c1-5(2)13-6(3-4-12-13)7(11)8(9)10/h3-5,7-8H,11H2,1-2H3. The van der Waals surface area contributed by atoms with Gasteiger partial charge in [0, 0.05) is 12.2 Å². The van der Waals surface area contributed by atoms with Crippen molar-refractivity contribution in [2.75, 3.05) is 0 Å². The molecule has 0 aliphatic heterocycles. The monoisotopic (exact) mass is 189 g/mol. The van der Waals surface area contributed by atoms with Crippen LogP contribution in [-0.2, 0) is 0 Å². The molecule has 3 nitrogen and oxygen atoms in total. The van der Waals surface area contributed by atoms with Crippen LogP contribution < -0.4 is 5.73 Å². The van der Waals surface area contributed by atoms with Gasteiger partial charge >= 0.3 is 0 Å². The number of nitrogens with two attached hydrogens (primary N) is 1.